The van der Waals surface area contributed by atoms with Crippen LogP contribution in [0, 0.1) is 12.7 Å². The van der Waals surface area contributed by atoms with Crippen LogP contribution in [0.25, 0.3) is 11.3 Å². The van der Waals surface area contributed by atoms with Crippen LogP contribution in [0.15, 0.2) is 48.7 Å². The maximum absolute atomic E-state index is 15.0. The zero-order valence-corrected chi connectivity index (χ0v) is 18.4. The fraction of sp³-hybridized carbons (Fsp3) is 0.320. The number of aryl methyl sites for hydroxylation is 1. The molecule has 0 bridgehead atoms. The molecule has 0 radical (unpaired) electrons. The first-order valence-electron chi connectivity index (χ1n) is 10.9. The van der Waals surface area contributed by atoms with E-state index in [-0.39, 0.29) is 23.9 Å². The number of nitrogens with two attached hydrogens (primary N) is 1. The number of nitrogens with one attached hydrogen (secondary N) is 1. The van der Waals surface area contributed by atoms with Crippen LogP contribution in [-0.4, -0.2) is 40.8 Å². The molecule has 4 rings (SSSR count). The third-order valence-corrected chi connectivity index (χ3v) is 5.88. The van der Waals surface area contributed by atoms with Gasteiger partial charge in [-0.05, 0) is 37.5 Å². The van der Waals surface area contributed by atoms with Crippen LogP contribution < -0.4 is 11.1 Å². The number of hydrogen-bond acceptors (Lipinski definition) is 6. The van der Waals surface area contributed by atoms with Crippen molar-refractivity contribution in [2.75, 3.05) is 25.6 Å². The highest BCUT2D eigenvalue weighted by Gasteiger charge is 2.21. The second-order valence-corrected chi connectivity index (χ2v) is 8.23. The van der Waals surface area contributed by atoms with Gasteiger partial charge in [0, 0.05) is 24.7 Å². The number of rotatable bonds is 6. The molecule has 8 heteroatoms. The average Bonchev–Trinajstić information content (AvgIpc) is 2.83. The van der Waals surface area contributed by atoms with Crippen molar-refractivity contribution in [1.29, 1.82) is 0 Å². The van der Waals surface area contributed by atoms with Gasteiger partial charge in [-0.1, -0.05) is 35.9 Å². The van der Waals surface area contributed by atoms with Gasteiger partial charge in [0.15, 0.2) is 0 Å². The number of benzene rings is 2. The summed E-state index contributed by atoms with van der Waals surface area (Å²) in [7, 11) is 0. The highest BCUT2D eigenvalue weighted by atomic mass is 19.1. The molecule has 0 saturated carbocycles. The second-order valence-electron chi connectivity index (χ2n) is 8.23. The number of ether oxygens (including phenoxy) is 1. The zero-order chi connectivity index (χ0) is 23.4. The first-order chi connectivity index (χ1) is 16.0. The Morgan fingerprint density at radius 2 is 2.06 bits per heavy atom. The van der Waals surface area contributed by atoms with Crippen LogP contribution in [0.4, 0.5) is 10.2 Å². The van der Waals surface area contributed by atoms with Gasteiger partial charge < -0.3 is 20.9 Å². The fourth-order valence-corrected chi connectivity index (χ4v) is 4.02. The van der Waals surface area contributed by atoms with E-state index in [1.165, 1.54) is 12.1 Å². The Morgan fingerprint density at radius 3 is 2.76 bits per heavy atom. The van der Waals surface area contributed by atoms with E-state index < -0.39 is 17.8 Å². The highest BCUT2D eigenvalue weighted by molar-refractivity contribution is 5.95. The molecule has 0 spiro atoms. The minimum Gasteiger partial charge on any atom is -0.394 e. The van der Waals surface area contributed by atoms with Gasteiger partial charge in [0.2, 0.25) is 0 Å². The van der Waals surface area contributed by atoms with E-state index in [9.17, 15) is 14.3 Å². The Kier molecular flexibility index (Phi) is 6.96. The second kappa shape index (κ2) is 10.1. The van der Waals surface area contributed by atoms with E-state index in [2.05, 4.69) is 15.3 Å². The molecule has 1 aliphatic rings. The van der Waals surface area contributed by atoms with Crippen LogP contribution in [0.3, 0.4) is 0 Å². The first-order valence-corrected chi connectivity index (χ1v) is 10.9. The molecular weight excluding hydrogens is 423 g/mol. The van der Waals surface area contributed by atoms with Crippen LogP contribution in [-0.2, 0) is 4.74 Å². The van der Waals surface area contributed by atoms with Crippen molar-refractivity contribution in [2.45, 2.75) is 31.7 Å². The first kappa shape index (κ1) is 22.8. The maximum atomic E-state index is 15.0. The predicted molar refractivity (Wildman–Crippen MR) is 123 cm³/mol. The molecule has 3 aromatic rings. The number of carbonyl (C=O) groups is 1. The van der Waals surface area contributed by atoms with Crippen molar-refractivity contribution in [3.05, 3.63) is 76.9 Å². The number of nitrogen functional groups attached to an aromatic ring is 1. The maximum Gasteiger partial charge on any atom is 0.254 e. The number of halogens is 1. The number of carbonyl (C=O) groups excluding carboxylic acids is 1. The monoisotopic (exact) mass is 450 g/mol. The van der Waals surface area contributed by atoms with Gasteiger partial charge in [-0.15, -0.1) is 0 Å². The smallest absolute Gasteiger partial charge is 0.254 e. The standard InChI is InChI=1S/C25H27FN4O3/c1-15-3-2-4-17(11-15)22(14-31)30-25(32)19-6-5-18(12-20(19)26)23-24(27)28-13-21(29-23)16-7-9-33-10-8-16/h2-6,11-13,16,22,31H,7-10,14H2,1H3,(H2,27,28)(H,30,32). The number of aliphatic hydroxyl groups excluding tert-OH is 1. The summed E-state index contributed by atoms with van der Waals surface area (Å²) in [4.78, 5) is 21.6. The molecule has 1 unspecified atom stereocenters. The van der Waals surface area contributed by atoms with Gasteiger partial charge in [-0.25, -0.2) is 14.4 Å². The summed E-state index contributed by atoms with van der Waals surface area (Å²) in [5, 5.41) is 12.4. The summed E-state index contributed by atoms with van der Waals surface area (Å²) < 4.78 is 20.4. The molecule has 1 aromatic heterocycles. The molecule has 1 fully saturated rings. The SMILES string of the molecule is Cc1cccc(C(CO)NC(=O)c2ccc(-c3nc(C4CCOCC4)cnc3N)cc2F)c1. The van der Waals surface area contributed by atoms with Crippen molar-refractivity contribution in [3.63, 3.8) is 0 Å². The lowest BCUT2D eigenvalue weighted by molar-refractivity contribution is 0.0844. The van der Waals surface area contributed by atoms with Gasteiger partial charge in [0.1, 0.15) is 17.3 Å². The molecule has 172 valence electrons. The summed E-state index contributed by atoms with van der Waals surface area (Å²) in [6.07, 6.45) is 3.35. The number of aliphatic hydroxyl groups is 1. The van der Waals surface area contributed by atoms with Crippen molar-refractivity contribution in [2.24, 2.45) is 0 Å². The fourth-order valence-electron chi connectivity index (χ4n) is 4.02. The molecule has 2 heterocycles. The van der Waals surface area contributed by atoms with Crippen LogP contribution in [0.2, 0.25) is 0 Å². The number of amides is 1. The average molecular weight is 451 g/mol. The Labute approximate surface area is 191 Å². The normalized spacial score (nSPS) is 15.2. The van der Waals surface area contributed by atoms with Gasteiger partial charge >= 0.3 is 0 Å². The molecule has 1 saturated heterocycles. The largest absolute Gasteiger partial charge is 0.394 e. The molecule has 1 aliphatic heterocycles. The molecule has 33 heavy (non-hydrogen) atoms. The Balaban J connectivity index is 1.56. The minimum absolute atomic E-state index is 0.128. The summed E-state index contributed by atoms with van der Waals surface area (Å²) in [6.45, 7) is 2.95. The number of aromatic nitrogens is 2. The van der Waals surface area contributed by atoms with E-state index in [1.54, 1.807) is 18.3 Å². The molecular formula is C25H27FN4O3. The van der Waals surface area contributed by atoms with E-state index in [0.29, 0.717) is 24.5 Å². The summed E-state index contributed by atoms with van der Waals surface area (Å²) >= 11 is 0. The van der Waals surface area contributed by atoms with Gasteiger partial charge in [0.05, 0.1) is 30.1 Å². The Hall–Kier alpha value is -3.36. The van der Waals surface area contributed by atoms with Crippen molar-refractivity contribution in [3.8, 4) is 11.3 Å². The van der Waals surface area contributed by atoms with E-state index in [1.807, 2.05) is 25.1 Å². The van der Waals surface area contributed by atoms with Crippen molar-refractivity contribution in [1.82, 2.24) is 15.3 Å². The van der Waals surface area contributed by atoms with Crippen LogP contribution >= 0.6 is 0 Å². The van der Waals surface area contributed by atoms with E-state index >= 15 is 0 Å². The minimum atomic E-state index is -0.705. The number of hydrogen-bond donors (Lipinski definition) is 3. The molecule has 0 aliphatic carbocycles. The summed E-state index contributed by atoms with van der Waals surface area (Å²) in [6, 6.07) is 11.0. The number of nitrogens with zero attached hydrogens (tertiary/aromatic N) is 2. The molecule has 7 nitrogen and oxygen atoms in total. The van der Waals surface area contributed by atoms with Crippen LogP contribution in [0.5, 0.6) is 0 Å². The lowest BCUT2D eigenvalue weighted by atomic mass is 9.96. The van der Waals surface area contributed by atoms with Crippen LogP contribution in [0.1, 0.15) is 52.0 Å². The number of anilines is 1. The Bertz CT molecular complexity index is 1150. The van der Waals surface area contributed by atoms with Crippen molar-refractivity contribution >= 4 is 11.7 Å². The van der Waals surface area contributed by atoms with Gasteiger partial charge in [-0.3, -0.25) is 4.79 Å². The zero-order valence-electron chi connectivity index (χ0n) is 18.4. The lowest BCUT2D eigenvalue weighted by Gasteiger charge is -2.22. The van der Waals surface area contributed by atoms with Gasteiger partial charge in [0.25, 0.3) is 5.91 Å². The third-order valence-electron chi connectivity index (χ3n) is 5.88. The molecule has 4 N–H and O–H groups in total. The Morgan fingerprint density at radius 1 is 1.27 bits per heavy atom. The molecule has 1 amide bonds. The van der Waals surface area contributed by atoms with Gasteiger partial charge in [-0.2, -0.15) is 0 Å². The highest BCUT2D eigenvalue weighted by Crippen LogP contribution is 2.30. The topological polar surface area (TPSA) is 110 Å². The van der Waals surface area contributed by atoms with Crippen molar-refractivity contribution < 1.29 is 19.0 Å². The molecule has 1 atom stereocenters. The summed E-state index contributed by atoms with van der Waals surface area (Å²) in [5.41, 5.74) is 9.28. The predicted octanol–water partition coefficient (Wildman–Crippen LogP) is 3.53. The molecule has 2 aromatic carbocycles. The quantitative estimate of drug-likeness (QED) is 0.530. The van der Waals surface area contributed by atoms with E-state index in [0.717, 1.165) is 29.7 Å². The van der Waals surface area contributed by atoms with E-state index in [4.69, 9.17) is 10.5 Å². The lowest BCUT2D eigenvalue weighted by Crippen LogP contribution is -2.31. The summed E-state index contributed by atoms with van der Waals surface area (Å²) in [5.74, 6) is -0.905. The third kappa shape index (κ3) is 5.18.